The fraction of sp³-hybridized carbons (Fsp3) is 0.0870. The summed E-state index contributed by atoms with van der Waals surface area (Å²) in [7, 11) is 1.64. The molecule has 0 unspecified atom stereocenters. The molecule has 3 nitrogen and oxygen atoms in total. The van der Waals surface area contributed by atoms with Gasteiger partial charge in [-0.1, -0.05) is 48.5 Å². The molecule has 0 aliphatic carbocycles. The van der Waals surface area contributed by atoms with Crippen LogP contribution in [0.4, 0.5) is 0 Å². The minimum Gasteiger partial charge on any atom is -0.618 e. The highest BCUT2D eigenvalue weighted by molar-refractivity contribution is 6.02. The van der Waals surface area contributed by atoms with E-state index in [9.17, 15) is 5.21 Å². The van der Waals surface area contributed by atoms with Crippen LogP contribution in [0.5, 0.6) is 5.75 Å². The van der Waals surface area contributed by atoms with Crippen LogP contribution in [0.2, 0.25) is 0 Å². The largest absolute Gasteiger partial charge is 0.618 e. The summed E-state index contributed by atoms with van der Waals surface area (Å²) >= 11 is 0. The van der Waals surface area contributed by atoms with Gasteiger partial charge in [0.2, 0.25) is 5.69 Å². The van der Waals surface area contributed by atoms with Crippen LogP contribution in [0, 0.1) is 12.1 Å². The molecule has 0 N–H and O–H groups in total. The van der Waals surface area contributed by atoms with Gasteiger partial charge < -0.3 is 9.94 Å². The SMILES string of the molecule is COc1ccc(-c2c(-c3ccccc3)c3ccccc3c(C)[n+]2[O-])cc1. The van der Waals surface area contributed by atoms with E-state index in [4.69, 9.17) is 4.74 Å². The molecule has 0 radical (unpaired) electrons. The highest BCUT2D eigenvalue weighted by Crippen LogP contribution is 2.37. The first-order valence-electron chi connectivity index (χ1n) is 8.55. The fourth-order valence-electron chi connectivity index (χ4n) is 3.43. The lowest BCUT2D eigenvalue weighted by Gasteiger charge is -2.16. The minimum atomic E-state index is 0.662. The second-order valence-corrected chi connectivity index (χ2v) is 6.24. The summed E-state index contributed by atoms with van der Waals surface area (Å²) in [5.41, 5.74) is 4.21. The molecular weight excluding hydrogens is 322 g/mol. The molecule has 0 spiro atoms. The Bertz CT molecular complexity index is 1070. The fourth-order valence-corrected chi connectivity index (χ4v) is 3.43. The number of aromatic nitrogens is 1. The molecule has 0 bridgehead atoms. The van der Waals surface area contributed by atoms with Gasteiger partial charge in [-0.3, -0.25) is 0 Å². The molecule has 0 saturated heterocycles. The van der Waals surface area contributed by atoms with Gasteiger partial charge in [0, 0.05) is 17.9 Å². The van der Waals surface area contributed by atoms with Crippen molar-refractivity contribution in [1.82, 2.24) is 0 Å². The average molecular weight is 341 g/mol. The second-order valence-electron chi connectivity index (χ2n) is 6.24. The summed E-state index contributed by atoms with van der Waals surface area (Å²) in [6.07, 6.45) is 0. The third kappa shape index (κ3) is 2.58. The Morgan fingerprint density at radius 3 is 2.00 bits per heavy atom. The van der Waals surface area contributed by atoms with E-state index in [1.807, 2.05) is 79.7 Å². The van der Waals surface area contributed by atoms with Crippen LogP contribution in [0.1, 0.15) is 5.69 Å². The van der Waals surface area contributed by atoms with Crippen LogP contribution in [-0.2, 0) is 0 Å². The molecule has 128 valence electrons. The first kappa shape index (κ1) is 16.2. The van der Waals surface area contributed by atoms with Gasteiger partial charge in [0.05, 0.1) is 18.1 Å². The van der Waals surface area contributed by atoms with Gasteiger partial charge in [0.15, 0.2) is 5.69 Å². The number of hydrogen-bond donors (Lipinski definition) is 0. The number of rotatable bonds is 3. The standard InChI is InChI=1S/C23H19NO2/c1-16-20-10-6-7-11-21(20)22(17-8-4-3-5-9-17)23(24(16)25)18-12-14-19(26-2)15-13-18/h3-15H,1-2H3. The van der Waals surface area contributed by atoms with Crippen LogP contribution < -0.4 is 9.47 Å². The van der Waals surface area contributed by atoms with E-state index >= 15 is 0 Å². The third-order valence-electron chi connectivity index (χ3n) is 4.76. The van der Waals surface area contributed by atoms with Crippen molar-refractivity contribution < 1.29 is 9.47 Å². The number of ether oxygens (including phenoxy) is 1. The first-order chi connectivity index (χ1) is 12.7. The van der Waals surface area contributed by atoms with E-state index in [-0.39, 0.29) is 0 Å². The molecule has 0 atom stereocenters. The van der Waals surface area contributed by atoms with Gasteiger partial charge in [-0.25, -0.2) is 0 Å². The zero-order valence-electron chi connectivity index (χ0n) is 14.8. The second kappa shape index (κ2) is 6.52. The summed E-state index contributed by atoms with van der Waals surface area (Å²) in [4.78, 5) is 0. The predicted octanol–water partition coefficient (Wildman–Crippen LogP) is 5.12. The van der Waals surface area contributed by atoms with Gasteiger partial charge in [0.1, 0.15) is 5.75 Å². The van der Waals surface area contributed by atoms with Crippen molar-refractivity contribution in [3.63, 3.8) is 0 Å². The average Bonchev–Trinajstić information content (AvgIpc) is 2.71. The Morgan fingerprint density at radius 1 is 0.731 bits per heavy atom. The van der Waals surface area contributed by atoms with Gasteiger partial charge in [-0.05, 0) is 35.9 Å². The molecule has 1 heterocycles. The van der Waals surface area contributed by atoms with Crippen molar-refractivity contribution in [2.24, 2.45) is 0 Å². The predicted molar refractivity (Wildman–Crippen MR) is 105 cm³/mol. The summed E-state index contributed by atoms with van der Waals surface area (Å²) in [5, 5.41) is 15.3. The Morgan fingerprint density at radius 2 is 1.35 bits per heavy atom. The maximum atomic E-state index is 13.2. The highest BCUT2D eigenvalue weighted by Gasteiger charge is 2.23. The van der Waals surface area contributed by atoms with Crippen molar-refractivity contribution in [3.05, 3.63) is 89.8 Å². The van der Waals surface area contributed by atoms with E-state index in [2.05, 4.69) is 6.07 Å². The molecule has 0 aliphatic heterocycles. The van der Waals surface area contributed by atoms with Crippen molar-refractivity contribution in [2.45, 2.75) is 6.92 Å². The maximum absolute atomic E-state index is 13.2. The van der Waals surface area contributed by atoms with Crippen molar-refractivity contribution in [1.29, 1.82) is 0 Å². The molecule has 26 heavy (non-hydrogen) atoms. The number of hydrogen-bond acceptors (Lipinski definition) is 2. The Balaban J connectivity index is 2.12. The van der Waals surface area contributed by atoms with Crippen molar-refractivity contribution in [2.75, 3.05) is 7.11 Å². The van der Waals surface area contributed by atoms with Gasteiger partial charge in [-0.2, -0.15) is 4.73 Å². The van der Waals surface area contributed by atoms with Crippen LogP contribution in [0.3, 0.4) is 0 Å². The lowest BCUT2D eigenvalue weighted by molar-refractivity contribution is -0.598. The normalized spacial score (nSPS) is 10.8. The molecule has 0 aliphatic rings. The zero-order chi connectivity index (χ0) is 18.1. The molecule has 3 heteroatoms. The summed E-state index contributed by atoms with van der Waals surface area (Å²) < 4.78 is 6.31. The lowest BCUT2D eigenvalue weighted by Crippen LogP contribution is -2.34. The van der Waals surface area contributed by atoms with Crippen LogP contribution >= 0.6 is 0 Å². The molecule has 1 aromatic heterocycles. The number of methoxy groups -OCH3 is 1. The monoisotopic (exact) mass is 341 g/mol. The molecule has 0 saturated carbocycles. The van der Waals surface area contributed by atoms with Crippen LogP contribution in [-0.4, -0.2) is 7.11 Å². The number of aryl methyl sites for hydroxylation is 1. The number of pyridine rings is 1. The molecule has 4 rings (SSSR count). The van der Waals surface area contributed by atoms with E-state index in [0.29, 0.717) is 11.4 Å². The van der Waals surface area contributed by atoms with Gasteiger partial charge >= 0.3 is 0 Å². The Kier molecular flexibility index (Phi) is 4.05. The topological polar surface area (TPSA) is 36.2 Å². The van der Waals surface area contributed by atoms with Gasteiger partial charge in [0.25, 0.3) is 0 Å². The Hall–Kier alpha value is -3.33. The van der Waals surface area contributed by atoms with E-state index in [1.54, 1.807) is 7.11 Å². The molecular formula is C23H19NO2. The zero-order valence-corrected chi connectivity index (χ0v) is 14.8. The van der Waals surface area contributed by atoms with Crippen molar-refractivity contribution in [3.8, 4) is 28.1 Å². The smallest absolute Gasteiger partial charge is 0.232 e. The van der Waals surface area contributed by atoms with Gasteiger partial charge in [-0.15, -0.1) is 0 Å². The minimum absolute atomic E-state index is 0.662. The highest BCUT2D eigenvalue weighted by atomic mass is 16.5. The van der Waals surface area contributed by atoms with E-state index in [1.165, 1.54) is 0 Å². The third-order valence-corrected chi connectivity index (χ3v) is 4.76. The Labute approximate surface area is 152 Å². The summed E-state index contributed by atoms with van der Waals surface area (Å²) in [5.74, 6) is 0.768. The summed E-state index contributed by atoms with van der Waals surface area (Å²) in [6, 6.07) is 25.8. The van der Waals surface area contributed by atoms with Crippen LogP contribution in [0.25, 0.3) is 33.2 Å². The van der Waals surface area contributed by atoms with E-state index < -0.39 is 0 Å². The lowest BCUT2D eigenvalue weighted by atomic mass is 9.93. The quantitative estimate of drug-likeness (QED) is 0.383. The van der Waals surface area contributed by atoms with Crippen LogP contribution in [0.15, 0.2) is 78.9 Å². The number of fused-ring (bicyclic) bond motifs is 1. The molecule has 3 aromatic carbocycles. The number of benzene rings is 3. The molecule has 4 aromatic rings. The molecule has 0 amide bonds. The maximum Gasteiger partial charge on any atom is 0.232 e. The van der Waals surface area contributed by atoms with Crippen molar-refractivity contribution >= 4 is 10.8 Å². The molecule has 0 fully saturated rings. The van der Waals surface area contributed by atoms with E-state index in [0.717, 1.165) is 37.9 Å². The first-order valence-corrected chi connectivity index (χ1v) is 8.55. The number of nitrogens with zero attached hydrogens (tertiary/aromatic N) is 1. The summed E-state index contributed by atoms with van der Waals surface area (Å²) in [6.45, 7) is 1.87.